The number of ether oxygens (including phenoxy) is 1. The normalized spacial score (nSPS) is 12.2. The van der Waals surface area contributed by atoms with Gasteiger partial charge < -0.3 is 18.4 Å². The van der Waals surface area contributed by atoms with Crippen LogP contribution in [0.25, 0.3) is 44.7 Å². The molecule has 0 aliphatic carbocycles. The Balaban J connectivity index is 0.00000300. The number of nitrogens with zero attached hydrogens (tertiary/aromatic N) is 5. The molecule has 1 aliphatic heterocycles. The van der Waals surface area contributed by atoms with E-state index in [0.717, 1.165) is 63.4 Å². The molecule has 0 unspecified atom stereocenters. The summed E-state index contributed by atoms with van der Waals surface area (Å²) < 4.78 is 12.9. The summed E-state index contributed by atoms with van der Waals surface area (Å²) in [5, 5.41) is 2.26. The molecular weight excluding hydrogens is 714 g/mol. The van der Waals surface area contributed by atoms with E-state index in [1.165, 1.54) is 16.8 Å². The summed E-state index contributed by atoms with van der Waals surface area (Å²) in [5.74, 6) is 3.01. The molecule has 3 aromatic heterocycles. The molecule has 7 aromatic rings. The van der Waals surface area contributed by atoms with Crippen LogP contribution in [0.1, 0.15) is 36.5 Å². The summed E-state index contributed by atoms with van der Waals surface area (Å²) in [6.45, 7) is 4.42. The molecule has 0 saturated carbocycles. The van der Waals surface area contributed by atoms with Crippen LogP contribution in [0.5, 0.6) is 11.5 Å². The number of rotatable bonds is 3. The smallest absolute Gasteiger partial charge is 0.503 e. The molecule has 6 nitrogen and oxygen atoms in total. The predicted molar refractivity (Wildman–Crippen MR) is 166 cm³/mol. The molecule has 4 aromatic carbocycles. The van der Waals surface area contributed by atoms with Crippen LogP contribution in [-0.2, 0) is 47.4 Å². The van der Waals surface area contributed by atoms with E-state index < -0.39 is 0 Å². The Hall–Kier alpha value is -4.41. The molecule has 7 heteroatoms. The van der Waals surface area contributed by atoms with E-state index >= 15 is 0 Å². The van der Waals surface area contributed by atoms with Crippen LogP contribution in [-0.4, -0.2) is 23.7 Å². The first-order valence-electron chi connectivity index (χ1n) is 14.5. The quantitative estimate of drug-likeness (QED) is 0.174. The van der Waals surface area contributed by atoms with Gasteiger partial charge in [-0.1, -0.05) is 61.8 Å². The van der Waals surface area contributed by atoms with Gasteiger partial charge in [-0.3, -0.25) is 4.98 Å². The van der Waals surface area contributed by atoms with Gasteiger partial charge in [0.2, 0.25) is 5.95 Å². The van der Waals surface area contributed by atoms with Gasteiger partial charge in [-0.05, 0) is 41.6 Å². The zero-order chi connectivity index (χ0) is 28.4. The van der Waals surface area contributed by atoms with Crippen LogP contribution in [0, 0.1) is 12.1 Å². The van der Waals surface area contributed by atoms with Crippen LogP contribution < -0.4 is 4.74 Å². The molecule has 0 saturated heterocycles. The van der Waals surface area contributed by atoms with Gasteiger partial charge in [0, 0.05) is 42.4 Å². The minimum Gasteiger partial charge on any atom is -0.503 e. The van der Waals surface area contributed by atoms with E-state index in [1.807, 2.05) is 24.3 Å². The van der Waals surface area contributed by atoms with E-state index in [4.69, 9.17) is 14.7 Å². The average molecular weight is 743 g/mol. The van der Waals surface area contributed by atoms with E-state index in [-0.39, 0.29) is 21.1 Å². The second-order valence-corrected chi connectivity index (χ2v) is 10.8. The van der Waals surface area contributed by atoms with Crippen molar-refractivity contribution in [2.24, 2.45) is 7.05 Å². The summed E-state index contributed by atoms with van der Waals surface area (Å²) in [4.78, 5) is 10.4. The summed E-state index contributed by atoms with van der Waals surface area (Å²) in [5.41, 5.74) is 8.49. The fraction of sp³-hybridized carbons (Fsp3) is 0.167. The van der Waals surface area contributed by atoms with Gasteiger partial charge in [0.1, 0.15) is 5.82 Å². The maximum Gasteiger partial charge on any atom is 2.00 e. The van der Waals surface area contributed by atoms with Crippen molar-refractivity contribution in [2.45, 2.75) is 33.1 Å². The maximum atomic E-state index is 6.37. The Labute approximate surface area is 264 Å². The van der Waals surface area contributed by atoms with Crippen LogP contribution >= 0.6 is 0 Å². The van der Waals surface area contributed by atoms with Crippen molar-refractivity contribution in [1.82, 2.24) is 23.7 Å². The third-order valence-electron chi connectivity index (χ3n) is 8.25. The Morgan fingerprint density at radius 1 is 0.791 bits per heavy atom. The van der Waals surface area contributed by atoms with Crippen molar-refractivity contribution in [3.8, 4) is 34.4 Å². The molecule has 214 valence electrons. The predicted octanol–water partition coefficient (Wildman–Crippen LogP) is 7.79. The molecule has 1 aliphatic rings. The number of para-hydroxylation sites is 2. The van der Waals surface area contributed by atoms with Crippen molar-refractivity contribution in [3.05, 3.63) is 120 Å². The molecule has 4 heterocycles. The van der Waals surface area contributed by atoms with Gasteiger partial charge in [0.25, 0.3) is 0 Å². The standard InChI is InChI=1S/C36H29N5O.Pt/c1-4-23-10-8-11-24(5-2)35(23)40-22-31-25-12-9-13-27(18-25)42-28-16-17-30-29-14-6-7-15-32(29)41(33(30)20-28)36-37-26(21-39(36)3)19-34(40)38-31;/h6-17,21-22H,4-5,19H2,1-3H3;/q-2;+2. The summed E-state index contributed by atoms with van der Waals surface area (Å²) >= 11 is 0. The number of hydrogen-bond acceptors (Lipinski definition) is 3. The Kier molecular flexibility index (Phi) is 6.82. The largest absolute Gasteiger partial charge is 2.00 e. The summed E-state index contributed by atoms with van der Waals surface area (Å²) in [6, 6.07) is 32.1. The van der Waals surface area contributed by atoms with Gasteiger partial charge in [-0.25, -0.2) is 4.98 Å². The number of hydrogen-bond donors (Lipinski definition) is 0. The monoisotopic (exact) mass is 742 g/mol. The third-order valence-corrected chi connectivity index (χ3v) is 8.25. The van der Waals surface area contributed by atoms with Gasteiger partial charge in [0.05, 0.1) is 11.4 Å². The Bertz CT molecular complexity index is 2130. The first kappa shape index (κ1) is 27.4. The van der Waals surface area contributed by atoms with E-state index in [2.05, 4.69) is 108 Å². The molecule has 43 heavy (non-hydrogen) atoms. The first-order chi connectivity index (χ1) is 20.6. The van der Waals surface area contributed by atoms with Crippen molar-refractivity contribution in [1.29, 1.82) is 0 Å². The van der Waals surface area contributed by atoms with Gasteiger partial charge in [-0.15, -0.1) is 41.3 Å². The fourth-order valence-corrected chi connectivity index (χ4v) is 6.28. The van der Waals surface area contributed by atoms with Crippen molar-refractivity contribution in [3.63, 3.8) is 0 Å². The fourth-order valence-electron chi connectivity index (χ4n) is 6.28. The molecule has 0 N–H and O–H groups in total. The zero-order valence-electron chi connectivity index (χ0n) is 24.2. The zero-order valence-corrected chi connectivity index (χ0v) is 26.4. The van der Waals surface area contributed by atoms with E-state index in [0.29, 0.717) is 17.9 Å². The Morgan fingerprint density at radius 2 is 1.56 bits per heavy atom. The minimum atomic E-state index is 0. The van der Waals surface area contributed by atoms with E-state index in [9.17, 15) is 0 Å². The summed E-state index contributed by atoms with van der Waals surface area (Å²) in [6.07, 6.45) is 6.70. The maximum absolute atomic E-state index is 6.37. The van der Waals surface area contributed by atoms with Crippen LogP contribution in [0.15, 0.2) is 85.2 Å². The average Bonchev–Trinajstić information content (AvgIpc) is 3.69. The van der Waals surface area contributed by atoms with Gasteiger partial charge in [0.15, 0.2) is 0 Å². The molecule has 8 bridgehead atoms. The van der Waals surface area contributed by atoms with Gasteiger partial charge >= 0.3 is 21.1 Å². The molecule has 0 fully saturated rings. The van der Waals surface area contributed by atoms with Crippen molar-refractivity contribution >= 4 is 21.8 Å². The van der Waals surface area contributed by atoms with Crippen molar-refractivity contribution < 1.29 is 25.8 Å². The third kappa shape index (κ3) is 4.44. The molecule has 0 spiro atoms. The van der Waals surface area contributed by atoms with Crippen molar-refractivity contribution in [2.75, 3.05) is 0 Å². The number of imidazole rings is 2. The minimum absolute atomic E-state index is 0. The number of aryl methyl sites for hydroxylation is 3. The molecule has 0 amide bonds. The first-order valence-corrected chi connectivity index (χ1v) is 14.5. The second kappa shape index (κ2) is 10.7. The van der Waals surface area contributed by atoms with Crippen LogP contribution in [0.3, 0.4) is 0 Å². The topological polar surface area (TPSA) is 49.8 Å². The van der Waals surface area contributed by atoms with Crippen LogP contribution in [0.2, 0.25) is 0 Å². The van der Waals surface area contributed by atoms with Gasteiger partial charge in [-0.2, -0.15) is 6.07 Å². The molecule has 8 rings (SSSR count). The van der Waals surface area contributed by atoms with Crippen LogP contribution in [0.4, 0.5) is 0 Å². The number of aromatic nitrogens is 5. The SMILES string of the molecule is CCc1cccc(CC)c1-n1cc2nc1Cc1cn(C)c(n1)-n1c3[c-]c(ccc3c3ccccc31)Oc1[c-]c-2ccc1.[Pt+2]. The number of benzene rings is 4. The second-order valence-electron chi connectivity index (χ2n) is 10.8. The molecule has 0 atom stereocenters. The molecule has 0 radical (unpaired) electrons. The molecular formula is C36H29N5OPt. The van der Waals surface area contributed by atoms with E-state index in [1.54, 1.807) is 0 Å². The number of fused-ring (bicyclic) bond motifs is 12. The summed E-state index contributed by atoms with van der Waals surface area (Å²) in [7, 11) is 2.05. The Morgan fingerprint density at radius 3 is 2.37 bits per heavy atom.